The van der Waals surface area contributed by atoms with Crippen molar-refractivity contribution in [1.82, 2.24) is 0 Å². The Balaban J connectivity index is 2.75. The van der Waals surface area contributed by atoms with Gasteiger partial charge in [-0.2, -0.15) is 0 Å². The first-order valence-corrected chi connectivity index (χ1v) is 7.92. The number of aliphatic carboxylic acids is 1. The molecule has 1 rings (SSSR count). The molecule has 0 radical (unpaired) electrons. The van der Waals surface area contributed by atoms with E-state index >= 15 is 0 Å². The third-order valence-corrected chi connectivity index (χ3v) is 4.59. The van der Waals surface area contributed by atoms with Crippen molar-refractivity contribution < 1.29 is 28.5 Å². The van der Waals surface area contributed by atoms with E-state index in [1.54, 1.807) is 30.3 Å². The summed E-state index contributed by atoms with van der Waals surface area (Å²) in [5, 5.41) is 26.9. The summed E-state index contributed by atoms with van der Waals surface area (Å²) >= 11 is 0. The first-order valence-electron chi connectivity index (χ1n) is 6.10. The Bertz CT molecular complexity index is 525. The second kappa shape index (κ2) is 7.37. The molecule has 0 saturated carbocycles. The van der Waals surface area contributed by atoms with Gasteiger partial charge in [-0.1, -0.05) is 30.3 Å². The van der Waals surface area contributed by atoms with Gasteiger partial charge >= 0.3 is 5.97 Å². The third-order valence-electron chi connectivity index (χ3n) is 2.79. The number of hydrogen-bond donors (Lipinski definition) is 3. The molecule has 6 nitrogen and oxygen atoms in total. The zero-order valence-electron chi connectivity index (χ0n) is 10.8. The molecule has 112 valence electrons. The van der Waals surface area contributed by atoms with Crippen LogP contribution < -0.4 is 0 Å². The quantitative estimate of drug-likeness (QED) is 0.608. The minimum absolute atomic E-state index is 0.102. The van der Waals surface area contributed by atoms with Crippen molar-refractivity contribution in [2.45, 2.75) is 12.5 Å². The van der Waals surface area contributed by atoms with Crippen LogP contribution in [0.2, 0.25) is 0 Å². The average Bonchev–Trinajstić information content (AvgIpc) is 2.38. The number of aliphatic hydroxyl groups is 2. The van der Waals surface area contributed by atoms with Crippen molar-refractivity contribution in [3.05, 3.63) is 35.9 Å². The zero-order valence-corrected chi connectivity index (χ0v) is 11.7. The third kappa shape index (κ3) is 5.68. The van der Waals surface area contributed by atoms with Gasteiger partial charge in [0.2, 0.25) is 0 Å². The highest BCUT2D eigenvalue weighted by molar-refractivity contribution is 7.91. The normalized spacial score (nSPS) is 14.7. The molecular formula is C13H18O6S. The summed E-state index contributed by atoms with van der Waals surface area (Å²) < 4.78 is 23.5. The fraction of sp³-hybridized carbons (Fsp3) is 0.462. The van der Waals surface area contributed by atoms with Gasteiger partial charge in [0.05, 0.1) is 30.1 Å². The van der Waals surface area contributed by atoms with Gasteiger partial charge in [0.15, 0.2) is 9.84 Å². The standard InChI is InChI=1S/C13H18O6S/c14-7-12(15)9-20(18,19)8-11(13(16)17)6-10-4-2-1-3-5-10/h1-5,11-12,14-15H,6-9H2,(H,16,17)/t11-,12+/m1/s1. The molecule has 0 aliphatic rings. The van der Waals surface area contributed by atoms with Gasteiger partial charge in [-0.25, -0.2) is 8.42 Å². The van der Waals surface area contributed by atoms with E-state index in [2.05, 4.69) is 0 Å². The first kappa shape index (κ1) is 16.6. The molecule has 1 aromatic carbocycles. The largest absolute Gasteiger partial charge is 0.481 e. The van der Waals surface area contributed by atoms with Gasteiger partial charge in [0, 0.05) is 0 Å². The number of carboxylic acids is 1. The number of benzene rings is 1. The molecule has 0 bridgehead atoms. The molecule has 0 saturated heterocycles. The number of aliphatic hydroxyl groups excluding tert-OH is 2. The molecule has 0 fully saturated rings. The lowest BCUT2D eigenvalue weighted by Gasteiger charge is -2.14. The van der Waals surface area contributed by atoms with Crippen LogP contribution in [0.5, 0.6) is 0 Å². The summed E-state index contributed by atoms with van der Waals surface area (Å²) in [6.45, 7) is -0.671. The molecule has 0 aliphatic heterocycles. The minimum Gasteiger partial charge on any atom is -0.481 e. The molecule has 2 atom stereocenters. The highest BCUT2D eigenvalue weighted by atomic mass is 32.2. The molecule has 0 amide bonds. The molecule has 7 heteroatoms. The molecule has 3 N–H and O–H groups in total. The Hall–Kier alpha value is -1.44. The number of carboxylic acid groups (broad SMARTS) is 1. The Morgan fingerprint density at radius 1 is 1.15 bits per heavy atom. The van der Waals surface area contributed by atoms with Gasteiger partial charge < -0.3 is 15.3 Å². The molecule has 1 aromatic rings. The van der Waals surface area contributed by atoms with Crippen LogP contribution in [-0.4, -0.2) is 53.9 Å². The van der Waals surface area contributed by atoms with E-state index < -0.39 is 45.9 Å². The van der Waals surface area contributed by atoms with Gasteiger partial charge in [-0.05, 0) is 12.0 Å². The van der Waals surface area contributed by atoms with Crippen LogP contribution >= 0.6 is 0 Å². The van der Waals surface area contributed by atoms with Crippen molar-refractivity contribution >= 4 is 15.8 Å². The summed E-state index contributed by atoms with van der Waals surface area (Å²) in [6.07, 6.45) is -1.28. The average molecular weight is 302 g/mol. The predicted octanol–water partition coefficient (Wildman–Crippen LogP) is -0.302. The smallest absolute Gasteiger partial charge is 0.307 e. The highest BCUT2D eigenvalue weighted by Crippen LogP contribution is 2.13. The van der Waals surface area contributed by atoms with Crippen molar-refractivity contribution in [2.24, 2.45) is 5.92 Å². The topological polar surface area (TPSA) is 112 Å². The lowest BCUT2D eigenvalue weighted by molar-refractivity contribution is -0.140. The number of hydrogen-bond acceptors (Lipinski definition) is 5. The van der Waals surface area contributed by atoms with E-state index in [4.69, 9.17) is 15.3 Å². The summed E-state index contributed by atoms with van der Waals surface area (Å²) in [4.78, 5) is 11.2. The van der Waals surface area contributed by atoms with Crippen LogP contribution in [0.1, 0.15) is 5.56 Å². The Morgan fingerprint density at radius 2 is 1.75 bits per heavy atom. The van der Waals surface area contributed by atoms with Crippen LogP contribution in [0.25, 0.3) is 0 Å². The molecule has 20 heavy (non-hydrogen) atoms. The number of carbonyl (C=O) groups is 1. The summed E-state index contributed by atoms with van der Waals surface area (Å²) in [5.74, 6) is -3.47. The Kier molecular flexibility index (Phi) is 6.12. The lowest BCUT2D eigenvalue weighted by atomic mass is 10.0. The zero-order chi connectivity index (χ0) is 15.2. The van der Waals surface area contributed by atoms with Crippen LogP contribution in [0.4, 0.5) is 0 Å². The lowest BCUT2D eigenvalue weighted by Crippen LogP contribution is -2.32. The molecule has 0 aromatic heterocycles. The summed E-state index contributed by atoms with van der Waals surface area (Å²) in [6, 6.07) is 8.74. The summed E-state index contributed by atoms with van der Waals surface area (Å²) in [5.41, 5.74) is 0.734. The van der Waals surface area contributed by atoms with Gasteiger partial charge in [0.25, 0.3) is 0 Å². The molecule has 0 unspecified atom stereocenters. The summed E-state index contributed by atoms with van der Waals surface area (Å²) in [7, 11) is -3.75. The maximum atomic E-state index is 11.8. The van der Waals surface area contributed by atoms with E-state index in [1.165, 1.54) is 0 Å². The Labute approximate surface area is 117 Å². The van der Waals surface area contributed by atoms with E-state index in [9.17, 15) is 13.2 Å². The fourth-order valence-electron chi connectivity index (χ4n) is 1.84. The van der Waals surface area contributed by atoms with Gasteiger partial charge in [0.1, 0.15) is 0 Å². The molecule has 0 spiro atoms. The second-order valence-electron chi connectivity index (χ2n) is 4.64. The predicted molar refractivity (Wildman–Crippen MR) is 73.0 cm³/mol. The van der Waals surface area contributed by atoms with Crippen LogP contribution in [0.3, 0.4) is 0 Å². The number of sulfone groups is 1. The van der Waals surface area contributed by atoms with E-state index in [1.807, 2.05) is 0 Å². The van der Waals surface area contributed by atoms with Crippen LogP contribution in [-0.2, 0) is 21.1 Å². The van der Waals surface area contributed by atoms with Crippen molar-refractivity contribution in [3.63, 3.8) is 0 Å². The fourth-order valence-corrected chi connectivity index (χ4v) is 3.54. The van der Waals surface area contributed by atoms with Crippen molar-refractivity contribution in [1.29, 1.82) is 0 Å². The molecule has 0 aliphatic carbocycles. The van der Waals surface area contributed by atoms with Crippen molar-refractivity contribution in [2.75, 3.05) is 18.1 Å². The van der Waals surface area contributed by atoms with E-state index in [-0.39, 0.29) is 6.42 Å². The van der Waals surface area contributed by atoms with Gasteiger partial charge in [-0.3, -0.25) is 4.79 Å². The molecular weight excluding hydrogens is 284 g/mol. The van der Waals surface area contributed by atoms with Gasteiger partial charge in [-0.15, -0.1) is 0 Å². The van der Waals surface area contributed by atoms with E-state index in [0.29, 0.717) is 0 Å². The first-order chi connectivity index (χ1) is 9.34. The number of rotatable bonds is 8. The molecule has 0 heterocycles. The highest BCUT2D eigenvalue weighted by Gasteiger charge is 2.27. The minimum atomic E-state index is -3.75. The monoisotopic (exact) mass is 302 g/mol. The van der Waals surface area contributed by atoms with Crippen LogP contribution in [0.15, 0.2) is 30.3 Å². The van der Waals surface area contributed by atoms with E-state index in [0.717, 1.165) is 5.56 Å². The van der Waals surface area contributed by atoms with Crippen molar-refractivity contribution in [3.8, 4) is 0 Å². The second-order valence-corrected chi connectivity index (χ2v) is 6.79. The maximum Gasteiger partial charge on any atom is 0.307 e. The Morgan fingerprint density at radius 3 is 2.25 bits per heavy atom. The van der Waals surface area contributed by atoms with Crippen LogP contribution in [0, 0.1) is 5.92 Å². The maximum absolute atomic E-state index is 11.8. The SMILES string of the molecule is O=C(O)[C@H](Cc1ccccc1)CS(=O)(=O)C[C@@H](O)CO.